The molecule has 1 saturated heterocycles. The quantitative estimate of drug-likeness (QED) is 0.292. The van der Waals surface area contributed by atoms with E-state index >= 15 is 0 Å². The standard InChI is InChI=1S/C27H30N10O2/c1-4-12-35-26(38)21-16-30-27(32-19-13-18-14-31-36(17(2)3)24(18)29-15-19)34-25(21)37(35)22-6-5-7-23(33-22)39-20-8-10-28-11-9-20/h4-7,13-17,20,28H,1,8-12H2,2-3H3,(H,30,32,34). The lowest BCUT2D eigenvalue weighted by Gasteiger charge is -2.23. The Labute approximate surface area is 224 Å². The summed E-state index contributed by atoms with van der Waals surface area (Å²) < 4.78 is 11.3. The molecule has 5 aromatic heterocycles. The second-order valence-electron chi connectivity index (χ2n) is 9.76. The van der Waals surface area contributed by atoms with Gasteiger partial charge in [0.2, 0.25) is 11.8 Å². The number of hydrogen-bond donors (Lipinski definition) is 2. The molecule has 1 aliphatic heterocycles. The van der Waals surface area contributed by atoms with Gasteiger partial charge in [-0.25, -0.2) is 24.0 Å². The minimum absolute atomic E-state index is 0.0995. The van der Waals surface area contributed by atoms with Gasteiger partial charge in [0.05, 0.1) is 24.6 Å². The maximum Gasteiger partial charge on any atom is 0.278 e. The van der Waals surface area contributed by atoms with Gasteiger partial charge >= 0.3 is 0 Å². The van der Waals surface area contributed by atoms with Gasteiger partial charge in [0.25, 0.3) is 5.56 Å². The molecule has 12 heteroatoms. The number of aromatic nitrogens is 8. The average Bonchev–Trinajstić information content (AvgIpc) is 3.48. The molecule has 0 radical (unpaired) electrons. The van der Waals surface area contributed by atoms with Crippen molar-refractivity contribution in [1.29, 1.82) is 0 Å². The predicted molar refractivity (Wildman–Crippen MR) is 149 cm³/mol. The molecular formula is C27H30N10O2. The molecule has 0 spiro atoms. The third kappa shape index (κ3) is 4.74. The van der Waals surface area contributed by atoms with Crippen molar-refractivity contribution in [3.05, 3.63) is 65.9 Å². The van der Waals surface area contributed by atoms with E-state index in [0.29, 0.717) is 34.4 Å². The summed E-state index contributed by atoms with van der Waals surface area (Å²) in [6.45, 7) is 10.1. The molecule has 6 rings (SSSR count). The summed E-state index contributed by atoms with van der Waals surface area (Å²) in [7, 11) is 0. The minimum atomic E-state index is -0.230. The number of nitrogens with zero attached hydrogens (tertiary/aromatic N) is 8. The Morgan fingerprint density at radius 2 is 2.00 bits per heavy atom. The molecule has 0 atom stereocenters. The van der Waals surface area contributed by atoms with Gasteiger partial charge in [0, 0.05) is 23.7 Å². The monoisotopic (exact) mass is 526 g/mol. The summed E-state index contributed by atoms with van der Waals surface area (Å²) in [5.41, 5.74) is 1.71. The van der Waals surface area contributed by atoms with Crippen molar-refractivity contribution in [1.82, 2.24) is 44.4 Å². The molecule has 1 fully saturated rings. The van der Waals surface area contributed by atoms with Crippen molar-refractivity contribution in [3.63, 3.8) is 0 Å². The first-order valence-electron chi connectivity index (χ1n) is 13.1. The van der Waals surface area contributed by atoms with Gasteiger partial charge in [0.15, 0.2) is 17.1 Å². The van der Waals surface area contributed by atoms with E-state index in [2.05, 4.69) is 46.1 Å². The van der Waals surface area contributed by atoms with Crippen LogP contribution in [0.5, 0.6) is 5.88 Å². The number of allylic oxidation sites excluding steroid dienone is 1. The van der Waals surface area contributed by atoms with Gasteiger partial charge in [-0.15, -0.1) is 6.58 Å². The van der Waals surface area contributed by atoms with E-state index in [-0.39, 0.29) is 24.2 Å². The number of nitrogens with one attached hydrogen (secondary N) is 2. The maximum absolute atomic E-state index is 13.3. The number of anilines is 2. The van der Waals surface area contributed by atoms with Crippen LogP contribution in [-0.2, 0) is 6.54 Å². The van der Waals surface area contributed by atoms with E-state index in [1.807, 2.05) is 28.9 Å². The maximum atomic E-state index is 13.3. The van der Waals surface area contributed by atoms with Crippen molar-refractivity contribution in [3.8, 4) is 11.7 Å². The summed E-state index contributed by atoms with van der Waals surface area (Å²) in [5.74, 6) is 1.35. The van der Waals surface area contributed by atoms with Crippen LogP contribution in [0.25, 0.3) is 27.9 Å². The first kappa shape index (κ1) is 24.7. The Balaban J connectivity index is 1.38. The van der Waals surface area contributed by atoms with Crippen LogP contribution < -0.4 is 20.9 Å². The lowest BCUT2D eigenvalue weighted by Crippen LogP contribution is -2.34. The number of fused-ring (bicyclic) bond motifs is 2. The number of ether oxygens (including phenoxy) is 1. The molecule has 12 nitrogen and oxygen atoms in total. The lowest BCUT2D eigenvalue weighted by molar-refractivity contribution is 0.156. The van der Waals surface area contributed by atoms with Gasteiger partial charge in [-0.3, -0.25) is 4.79 Å². The predicted octanol–water partition coefficient (Wildman–Crippen LogP) is 3.36. The van der Waals surface area contributed by atoms with E-state index in [1.54, 1.807) is 27.8 Å². The SMILES string of the molecule is C=CCn1c(=O)c2cnc(Nc3cnc4c(cnn4C(C)C)c3)nc2n1-c1cccc(OC2CCNCC2)n1. The zero-order valence-corrected chi connectivity index (χ0v) is 21.9. The van der Waals surface area contributed by atoms with Crippen LogP contribution in [0.3, 0.4) is 0 Å². The van der Waals surface area contributed by atoms with E-state index in [9.17, 15) is 4.79 Å². The lowest BCUT2D eigenvalue weighted by atomic mass is 10.1. The van der Waals surface area contributed by atoms with Crippen molar-refractivity contribution in [2.75, 3.05) is 18.4 Å². The van der Waals surface area contributed by atoms with Gasteiger partial charge in [-0.1, -0.05) is 12.1 Å². The zero-order valence-electron chi connectivity index (χ0n) is 21.9. The molecule has 39 heavy (non-hydrogen) atoms. The third-order valence-electron chi connectivity index (χ3n) is 6.66. The van der Waals surface area contributed by atoms with E-state index in [1.165, 1.54) is 6.20 Å². The fourth-order valence-corrected chi connectivity index (χ4v) is 4.80. The van der Waals surface area contributed by atoms with E-state index in [0.717, 1.165) is 37.0 Å². The summed E-state index contributed by atoms with van der Waals surface area (Å²) in [6.07, 6.45) is 8.63. The van der Waals surface area contributed by atoms with Crippen LogP contribution in [0.1, 0.15) is 32.7 Å². The Morgan fingerprint density at radius 1 is 1.15 bits per heavy atom. The smallest absolute Gasteiger partial charge is 0.278 e. The highest BCUT2D eigenvalue weighted by Gasteiger charge is 2.20. The summed E-state index contributed by atoms with van der Waals surface area (Å²) in [4.78, 5) is 31.7. The molecule has 0 saturated carbocycles. The molecule has 6 heterocycles. The second kappa shape index (κ2) is 10.3. The fourth-order valence-electron chi connectivity index (χ4n) is 4.80. The Bertz CT molecular complexity index is 1710. The van der Waals surface area contributed by atoms with Crippen LogP contribution in [0.4, 0.5) is 11.6 Å². The Morgan fingerprint density at radius 3 is 2.79 bits per heavy atom. The Hall–Kier alpha value is -4.58. The molecule has 0 aromatic carbocycles. The molecule has 2 N–H and O–H groups in total. The summed E-state index contributed by atoms with van der Waals surface area (Å²) >= 11 is 0. The highest BCUT2D eigenvalue weighted by molar-refractivity contribution is 5.80. The Kier molecular flexibility index (Phi) is 6.53. The van der Waals surface area contributed by atoms with Crippen molar-refractivity contribution < 1.29 is 4.74 Å². The molecule has 0 aliphatic carbocycles. The normalized spacial score (nSPS) is 14.3. The van der Waals surface area contributed by atoms with E-state index in [4.69, 9.17) is 14.7 Å². The van der Waals surface area contributed by atoms with Crippen molar-refractivity contribution >= 4 is 33.7 Å². The van der Waals surface area contributed by atoms with Gasteiger partial charge in [-0.05, 0) is 51.9 Å². The largest absolute Gasteiger partial charge is 0.474 e. The summed E-state index contributed by atoms with van der Waals surface area (Å²) in [5, 5.41) is 12.3. The van der Waals surface area contributed by atoms with E-state index < -0.39 is 0 Å². The molecule has 0 bridgehead atoms. The first-order valence-corrected chi connectivity index (χ1v) is 13.1. The minimum Gasteiger partial charge on any atom is -0.474 e. The third-order valence-corrected chi connectivity index (χ3v) is 6.66. The molecule has 0 amide bonds. The van der Waals surface area contributed by atoms with Crippen LogP contribution in [0, 0.1) is 0 Å². The van der Waals surface area contributed by atoms with Crippen molar-refractivity contribution in [2.24, 2.45) is 0 Å². The molecular weight excluding hydrogens is 496 g/mol. The number of piperidine rings is 1. The second-order valence-corrected chi connectivity index (χ2v) is 9.76. The van der Waals surface area contributed by atoms with Gasteiger partial charge in [-0.2, -0.15) is 15.1 Å². The number of pyridine rings is 2. The van der Waals surface area contributed by atoms with Crippen LogP contribution in [-0.4, -0.2) is 58.3 Å². The van der Waals surface area contributed by atoms with Gasteiger partial charge in [0.1, 0.15) is 11.5 Å². The molecule has 200 valence electrons. The van der Waals surface area contributed by atoms with Crippen LogP contribution >= 0.6 is 0 Å². The van der Waals surface area contributed by atoms with Gasteiger partial charge < -0.3 is 15.4 Å². The highest BCUT2D eigenvalue weighted by Crippen LogP contribution is 2.23. The topological polar surface area (TPSA) is 130 Å². The summed E-state index contributed by atoms with van der Waals surface area (Å²) in [6, 6.07) is 7.67. The average molecular weight is 527 g/mol. The fraction of sp³-hybridized carbons (Fsp3) is 0.333. The molecule has 1 aliphatic rings. The number of rotatable bonds is 8. The molecule has 5 aromatic rings. The zero-order chi connectivity index (χ0) is 26.9. The molecule has 0 unspecified atom stereocenters. The first-order chi connectivity index (χ1) is 19.0. The van der Waals surface area contributed by atoms with Crippen LogP contribution in [0.15, 0.2) is 60.3 Å². The number of hydrogen-bond acceptors (Lipinski definition) is 9. The van der Waals surface area contributed by atoms with Crippen molar-refractivity contribution in [2.45, 2.75) is 45.4 Å². The highest BCUT2D eigenvalue weighted by atomic mass is 16.5. The van der Waals surface area contributed by atoms with Crippen LogP contribution in [0.2, 0.25) is 0 Å².